The highest BCUT2D eigenvalue weighted by molar-refractivity contribution is 7.99. The van der Waals surface area contributed by atoms with Crippen LogP contribution in [0.3, 0.4) is 0 Å². The molecule has 0 radical (unpaired) electrons. The van der Waals surface area contributed by atoms with Crippen molar-refractivity contribution in [2.75, 3.05) is 26.0 Å². The molecule has 5 heteroatoms. The van der Waals surface area contributed by atoms with Crippen molar-refractivity contribution in [2.24, 2.45) is 0 Å². The second kappa shape index (κ2) is 7.59. The molecule has 0 aliphatic carbocycles. The van der Waals surface area contributed by atoms with E-state index in [1.165, 1.54) is 0 Å². The Kier molecular flexibility index (Phi) is 5.28. The van der Waals surface area contributed by atoms with Crippen LogP contribution < -0.4 is 4.74 Å². The summed E-state index contributed by atoms with van der Waals surface area (Å²) in [5.41, 5.74) is 1.02. The SMILES string of the molecule is COc1ccc(CC(=O)N2CCSC(c3ccco3)CC2)cc1. The number of amides is 1. The number of ether oxygens (including phenoxy) is 1. The highest BCUT2D eigenvalue weighted by Crippen LogP contribution is 2.34. The molecule has 1 aromatic heterocycles. The second-order valence-electron chi connectivity index (χ2n) is 5.57. The Morgan fingerprint density at radius 3 is 2.83 bits per heavy atom. The van der Waals surface area contributed by atoms with Crippen molar-refractivity contribution in [3.63, 3.8) is 0 Å². The molecular weight excluding hydrogens is 310 g/mol. The third-order valence-electron chi connectivity index (χ3n) is 4.07. The molecule has 1 fully saturated rings. The van der Waals surface area contributed by atoms with Crippen LogP contribution >= 0.6 is 11.8 Å². The molecule has 1 aromatic carbocycles. The van der Waals surface area contributed by atoms with Crippen molar-refractivity contribution in [3.05, 3.63) is 54.0 Å². The van der Waals surface area contributed by atoms with Crippen molar-refractivity contribution in [1.29, 1.82) is 0 Å². The number of benzene rings is 1. The fraction of sp³-hybridized carbons (Fsp3) is 0.389. The van der Waals surface area contributed by atoms with E-state index in [-0.39, 0.29) is 5.91 Å². The molecule has 2 aromatic rings. The van der Waals surface area contributed by atoms with E-state index in [1.807, 2.05) is 53.1 Å². The summed E-state index contributed by atoms with van der Waals surface area (Å²) >= 11 is 1.87. The van der Waals surface area contributed by atoms with Crippen LogP contribution in [0, 0.1) is 0 Å². The van der Waals surface area contributed by atoms with Crippen LogP contribution in [0.15, 0.2) is 47.1 Å². The number of thioether (sulfide) groups is 1. The fourth-order valence-electron chi connectivity index (χ4n) is 2.75. The van der Waals surface area contributed by atoms with Crippen LogP contribution in [0.4, 0.5) is 0 Å². The number of nitrogens with zero attached hydrogens (tertiary/aromatic N) is 1. The summed E-state index contributed by atoms with van der Waals surface area (Å²) in [5, 5.41) is 0.351. The first kappa shape index (κ1) is 16.0. The van der Waals surface area contributed by atoms with Gasteiger partial charge in [-0.05, 0) is 36.2 Å². The first-order chi connectivity index (χ1) is 11.3. The third-order valence-corrected chi connectivity index (χ3v) is 5.36. The zero-order chi connectivity index (χ0) is 16.1. The Balaban J connectivity index is 1.57. The molecule has 1 atom stereocenters. The number of hydrogen-bond donors (Lipinski definition) is 0. The standard InChI is InChI=1S/C18H21NO3S/c1-21-15-6-4-14(5-7-15)13-18(20)19-9-8-17(23-12-10-19)16-3-2-11-22-16/h2-7,11,17H,8-10,12-13H2,1H3. The van der Waals surface area contributed by atoms with Crippen LogP contribution in [0.25, 0.3) is 0 Å². The van der Waals surface area contributed by atoms with Gasteiger partial charge in [-0.2, -0.15) is 0 Å². The fourth-order valence-corrected chi connectivity index (χ4v) is 3.93. The number of hydrogen-bond acceptors (Lipinski definition) is 4. The maximum absolute atomic E-state index is 12.5. The predicted molar refractivity (Wildman–Crippen MR) is 91.8 cm³/mol. The Labute approximate surface area is 140 Å². The Hall–Kier alpha value is -1.88. The molecule has 1 aliphatic heterocycles. The lowest BCUT2D eigenvalue weighted by molar-refractivity contribution is -0.130. The smallest absolute Gasteiger partial charge is 0.227 e. The highest BCUT2D eigenvalue weighted by Gasteiger charge is 2.23. The van der Waals surface area contributed by atoms with Crippen LogP contribution in [0.1, 0.15) is 23.0 Å². The summed E-state index contributed by atoms with van der Waals surface area (Å²) in [5.74, 6) is 2.96. The van der Waals surface area contributed by atoms with E-state index in [4.69, 9.17) is 9.15 Å². The highest BCUT2D eigenvalue weighted by atomic mass is 32.2. The first-order valence-corrected chi connectivity index (χ1v) is 8.87. The van der Waals surface area contributed by atoms with Gasteiger partial charge in [-0.3, -0.25) is 4.79 Å². The molecule has 4 nitrogen and oxygen atoms in total. The van der Waals surface area contributed by atoms with E-state index in [0.29, 0.717) is 11.7 Å². The molecule has 122 valence electrons. The molecule has 0 bridgehead atoms. The molecule has 1 saturated heterocycles. The van der Waals surface area contributed by atoms with Gasteiger partial charge in [-0.15, -0.1) is 11.8 Å². The number of carbonyl (C=O) groups excluding carboxylic acids is 1. The first-order valence-electron chi connectivity index (χ1n) is 7.82. The predicted octanol–water partition coefficient (Wildman–Crippen LogP) is 3.54. The topological polar surface area (TPSA) is 42.7 Å². The van der Waals surface area contributed by atoms with Crippen LogP contribution in [0.2, 0.25) is 0 Å². The zero-order valence-corrected chi connectivity index (χ0v) is 14.1. The molecule has 3 rings (SSSR count). The summed E-state index contributed by atoms with van der Waals surface area (Å²) in [6.45, 7) is 1.59. The molecule has 1 amide bonds. The van der Waals surface area contributed by atoms with Gasteiger partial charge in [-0.25, -0.2) is 0 Å². The minimum atomic E-state index is 0.191. The van der Waals surface area contributed by atoms with E-state index in [1.54, 1.807) is 13.4 Å². The van der Waals surface area contributed by atoms with E-state index in [9.17, 15) is 4.79 Å². The number of rotatable bonds is 4. The summed E-state index contributed by atoms with van der Waals surface area (Å²) < 4.78 is 10.7. The number of furan rings is 1. The van der Waals surface area contributed by atoms with E-state index < -0.39 is 0 Å². The van der Waals surface area contributed by atoms with Crippen molar-refractivity contribution >= 4 is 17.7 Å². The van der Waals surface area contributed by atoms with Gasteiger partial charge < -0.3 is 14.1 Å². The maximum atomic E-state index is 12.5. The summed E-state index contributed by atoms with van der Waals surface area (Å²) in [6.07, 6.45) is 3.10. The Morgan fingerprint density at radius 1 is 1.30 bits per heavy atom. The van der Waals surface area contributed by atoms with Gasteiger partial charge in [0.1, 0.15) is 11.5 Å². The normalized spacial score (nSPS) is 18.5. The van der Waals surface area contributed by atoms with Gasteiger partial charge in [0.25, 0.3) is 0 Å². The zero-order valence-electron chi connectivity index (χ0n) is 13.2. The number of carbonyl (C=O) groups is 1. The van der Waals surface area contributed by atoms with E-state index in [2.05, 4.69) is 0 Å². The van der Waals surface area contributed by atoms with Gasteiger partial charge >= 0.3 is 0 Å². The van der Waals surface area contributed by atoms with Crippen LogP contribution in [-0.2, 0) is 11.2 Å². The van der Waals surface area contributed by atoms with Crippen molar-refractivity contribution < 1.29 is 13.9 Å². The lowest BCUT2D eigenvalue weighted by Crippen LogP contribution is -2.34. The molecule has 0 spiro atoms. The Bertz CT molecular complexity index is 624. The number of methoxy groups -OCH3 is 1. The molecule has 0 N–H and O–H groups in total. The average molecular weight is 331 g/mol. The average Bonchev–Trinajstić information content (AvgIpc) is 3.00. The minimum Gasteiger partial charge on any atom is -0.497 e. The van der Waals surface area contributed by atoms with Crippen molar-refractivity contribution in [1.82, 2.24) is 4.90 Å². The van der Waals surface area contributed by atoms with Crippen molar-refractivity contribution in [2.45, 2.75) is 18.1 Å². The van der Waals surface area contributed by atoms with Gasteiger partial charge in [0.15, 0.2) is 0 Å². The quantitative estimate of drug-likeness (QED) is 0.859. The maximum Gasteiger partial charge on any atom is 0.227 e. The summed E-state index contributed by atoms with van der Waals surface area (Å²) in [6, 6.07) is 11.6. The minimum absolute atomic E-state index is 0.191. The van der Waals surface area contributed by atoms with Gasteiger partial charge in [0.2, 0.25) is 5.91 Å². The van der Waals surface area contributed by atoms with E-state index >= 15 is 0 Å². The molecular formula is C18H21NO3S. The van der Waals surface area contributed by atoms with Crippen LogP contribution in [-0.4, -0.2) is 36.8 Å². The van der Waals surface area contributed by atoms with Crippen LogP contribution in [0.5, 0.6) is 5.75 Å². The molecule has 1 unspecified atom stereocenters. The van der Waals surface area contributed by atoms with Gasteiger partial charge in [0.05, 0.1) is 25.0 Å². The lowest BCUT2D eigenvalue weighted by atomic mass is 10.1. The molecule has 23 heavy (non-hydrogen) atoms. The summed E-state index contributed by atoms with van der Waals surface area (Å²) in [7, 11) is 1.64. The second-order valence-corrected chi connectivity index (χ2v) is 6.88. The lowest BCUT2D eigenvalue weighted by Gasteiger charge is -2.20. The molecule has 1 aliphatic rings. The monoisotopic (exact) mass is 331 g/mol. The summed E-state index contributed by atoms with van der Waals surface area (Å²) in [4.78, 5) is 14.5. The molecule has 2 heterocycles. The Morgan fingerprint density at radius 2 is 2.13 bits per heavy atom. The van der Waals surface area contributed by atoms with Gasteiger partial charge in [0, 0.05) is 18.8 Å². The molecule has 0 saturated carbocycles. The van der Waals surface area contributed by atoms with E-state index in [0.717, 1.165) is 42.3 Å². The van der Waals surface area contributed by atoms with Gasteiger partial charge in [-0.1, -0.05) is 12.1 Å². The largest absolute Gasteiger partial charge is 0.497 e. The third kappa shape index (κ3) is 4.10. The van der Waals surface area contributed by atoms with Crippen molar-refractivity contribution in [3.8, 4) is 5.75 Å².